The molecule has 0 aromatic heterocycles. The summed E-state index contributed by atoms with van der Waals surface area (Å²) < 4.78 is 27.7. The first-order valence-electron chi connectivity index (χ1n) is 5.80. The van der Waals surface area contributed by atoms with Gasteiger partial charge in [0.1, 0.15) is 0 Å². The molecule has 0 radical (unpaired) electrons. The first-order valence-corrected chi connectivity index (χ1v) is 7.46. The van der Waals surface area contributed by atoms with Crippen molar-refractivity contribution in [1.29, 1.82) is 0 Å². The zero-order chi connectivity index (χ0) is 14.5. The normalized spacial score (nSPS) is 12.2. The number of benzene rings is 1. The zero-order valence-corrected chi connectivity index (χ0v) is 13.0. The molecule has 0 bridgehead atoms. The number of halogens is 1. The molecular weight excluding hydrogens is 304 g/mol. The van der Waals surface area contributed by atoms with Crippen molar-refractivity contribution < 1.29 is 17.9 Å². The minimum atomic E-state index is -3.20. The zero-order valence-electron chi connectivity index (χ0n) is 11.3. The maximum Gasteiger partial charge on any atom is 0.406 e. The van der Waals surface area contributed by atoms with E-state index in [1.54, 1.807) is 19.1 Å². The molecule has 0 aliphatic heterocycles. The van der Waals surface area contributed by atoms with Crippen molar-refractivity contribution in [2.24, 2.45) is 5.73 Å². The first-order chi connectivity index (χ1) is 8.90. The van der Waals surface area contributed by atoms with Crippen molar-refractivity contribution in [3.05, 3.63) is 29.8 Å². The van der Waals surface area contributed by atoms with E-state index in [-0.39, 0.29) is 29.6 Å². The molecule has 1 rings (SSSR count). The third-order valence-electron chi connectivity index (χ3n) is 2.70. The van der Waals surface area contributed by atoms with Crippen LogP contribution in [0, 0.1) is 0 Å². The number of hydrogen-bond donors (Lipinski definition) is 2. The van der Waals surface area contributed by atoms with Crippen LogP contribution >= 0.6 is 12.4 Å². The predicted octanol–water partition coefficient (Wildman–Crippen LogP) is 1.26. The number of ether oxygens (including phenoxy) is 1. The summed E-state index contributed by atoms with van der Waals surface area (Å²) in [4.78, 5) is 11.2. The van der Waals surface area contributed by atoms with Gasteiger partial charge in [-0.1, -0.05) is 19.1 Å². The van der Waals surface area contributed by atoms with Gasteiger partial charge in [0.15, 0.2) is 9.84 Å². The number of carbonyl (C=O) groups is 1. The number of amides is 1. The Bertz CT molecular complexity index is 531. The number of carbonyl (C=O) groups excluding carboxylic acids is 1. The largest absolute Gasteiger partial charge is 0.453 e. The fourth-order valence-electron chi connectivity index (χ4n) is 1.47. The average Bonchev–Trinajstić information content (AvgIpc) is 2.44. The summed E-state index contributed by atoms with van der Waals surface area (Å²) in [7, 11) is -1.93. The van der Waals surface area contributed by atoms with Crippen LogP contribution in [-0.2, 0) is 14.6 Å². The highest BCUT2D eigenvalue weighted by molar-refractivity contribution is 7.91. The molecule has 0 saturated carbocycles. The molecule has 3 N–H and O–H groups in total. The summed E-state index contributed by atoms with van der Waals surface area (Å²) in [6.07, 6.45) is -0.555. The van der Waals surface area contributed by atoms with Crippen molar-refractivity contribution >= 4 is 28.3 Å². The van der Waals surface area contributed by atoms with E-state index in [4.69, 9.17) is 5.73 Å². The van der Waals surface area contributed by atoms with Gasteiger partial charge in [-0.3, -0.25) is 0 Å². The van der Waals surface area contributed by atoms with Gasteiger partial charge in [0.25, 0.3) is 0 Å². The van der Waals surface area contributed by atoms with Crippen molar-refractivity contribution in [2.45, 2.75) is 17.9 Å². The van der Waals surface area contributed by atoms with E-state index in [9.17, 15) is 13.2 Å². The summed E-state index contributed by atoms with van der Waals surface area (Å²) in [5.74, 6) is 0.0578. The van der Waals surface area contributed by atoms with E-state index in [2.05, 4.69) is 10.1 Å². The Morgan fingerprint density at radius 3 is 2.35 bits per heavy atom. The van der Waals surface area contributed by atoms with Crippen LogP contribution in [0.3, 0.4) is 0 Å². The summed E-state index contributed by atoms with van der Waals surface area (Å²) in [6.45, 7) is 1.81. The lowest BCUT2D eigenvalue weighted by Crippen LogP contribution is -2.31. The lowest BCUT2D eigenvalue weighted by molar-refractivity contribution is 0.170. The number of nitrogens with two attached hydrogens (primary N) is 1. The molecule has 0 fully saturated rings. The van der Waals surface area contributed by atoms with Crippen LogP contribution in [0.15, 0.2) is 29.2 Å². The molecule has 1 atom stereocenters. The Morgan fingerprint density at radius 1 is 1.35 bits per heavy atom. The predicted molar refractivity (Wildman–Crippen MR) is 78.8 cm³/mol. The molecule has 8 heteroatoms. The van der Waals surface area contributed by atoms with Crippen LogP contribution in [0.25, 0.3) is 0 Å². The topological polar surface area (TPSA) is 98.5 Å². The number of hydrogen-bond acceptors (Lipinski definition) is 5. The van der Waals surface area contributed by atoms with E-state index in [1.807, 2.05) is 0 Å². The Balaban J connectivity index is 0.00000361. The maximum absolute atomic E-state index is 11.6. The monoisotopic (exact) mass is 322 g/mol. The highest BCUT2D eigenvalue weighted by Gasteiger charge is 2.13. The van der Waals surface area contributed by atoms with Gasteiger partial charge in [0.2, 0.25) is 0 Å². The molecule has 0 saturated heterocycles. The van der Waals surface area contributed by atoms with Gasteiger partial charge in [-0.2, -0.15) is 0 Å². The van der Waals surface area contributed by atoms with Crippen LogP contribution in [0.5, 0.6) is 0 Å². The number of sulfone groups is 1. The number of nitrogens with one attached hydrogen (secondary N) is 1. The molecule has 1 aromatic rings. The Hall–Kier alpha value is -1.31. The van der Waals surface area contributed by atoms with Gasteiger partial charge in [0, 0.05) is 12.6 Å². The van der Waals surface area contributed by atoms with E-state index in [1.165, 1.54) is 19.2 Å². The molecule has 1 unspecified atom stereocenters. The fourth-order valence-corrected chi connectivity index (χ4v) is 2.36. The molecule has 0 heterocycles. The van der Waals surface area contributed by atoms with E-state index in [0.717, 1.165) is 5.56 Å². The number of alkyl carbamates (subject to hydrolysis) is 1. The van der Waals surface area contributed by atoms with Crippen molar-refractivity contribution in [3.63, 3.8) is 0 Å². The molecule has 1 aromatic carbocycles. The Labute approximate surface area is 125 Å². The molecular formula is C12H19ClN2O4S. The van der Waals surface area contributed by atoms with Crippen LogP contribution in [0.2, 0.25) is 0 Å². The van der Waals surface area contributed by atoms with E-state index >= 15 is 0 Å². The first kappa shape index (κ1) is 18.7. The lowest BCUT2D eigenvalue weighted by Gasteiger charge is -2.13. The average molecular weight is 323 g/mol. The molecule has 114 valence electrons. The van der Waals surface area contributed by atoms with Crippen molar-refractivity contribution in [3.8, 4) is 0 Å². The van der Waals surface area contributed by atoms with Gasteiger partial charge < -0.3 is 15.8 Å². The highest BCUT2D eigenvalue weighted by Crippen LogP contribution is 2.15. The van der Waals surface area contributed by atoms with Gasteiger partial charge in [0.05, 0.1) is 17.8 Å². The second-order valence-corrected chi connectivity index (χ2v) is 6.23. The summed E-state index contributed by atoms with van der Waals surface area (Å²) in [5, 5.41) is 2.48. The smallest absolute Gasteiger partial charge is 0.406 e. The van der Waals surface area contributed by atoms with Crippen LogP contribution in [-0.4, -0.2) is 33.9 Å². The van der Waals surface area contributed by atoms with Crippen molar-refractivity contribution in [2.75, 3.05) is 19.4 Å². The minimum absolute atomic E-state index is 0. The SMILES string of the molecule is CCS(=O)(=O)c1ccc(C(N)CNC(=O)OC)cc1.Cl. The second kappa shape index (κ2) is 8.08. The molecule has 0 aliphatic carbocycles. The third kappa shape index (κ3) is 4.99. The van der Waals surface area contributed by atoms with Crippen LogP contribution in [0.4, 0.5) is 4.79 Å². The van der Waals surface area contributed by atoms with Gasteiger partial charge >= 0.3 is 6.09 Å². The second-order valence-electron chi connectivity index (χ2n) is 3.95. The van der Waals surface area contributed by atoms with Gasteiger partial charge in [-0.05, 0) is 17.7 Å². The van der Waals surface area contributed by atoms with Gasteiger partial charge in [-0.15, -0.1) is 12.4 Å². The van der Waals surface area contributed by atoms with E-state index in [0.29, 0.717) is 0 Å². The summed E-state index contributed by atoms with van der Waals surface area (Å²) >= 11 is 0. The molecule has 0 aliphatic rings. The quantitative estimate of drug-likeness (QED) is 0.850. The fraction of sp³-hybridized carbons (Fsp3) is 0.417. The minimum Gasteiger partial charge on any atom is -0.453 e. The lowest BCUT2D eigenvalue weighted by atomic mass is 10.1. The molecule has 1 amide bonds. The van der Waals surface area contributed by atoms with E-state index < -0.39 is 22.0 Å². The van der Waals surface area contributed by atoms with Crippen LogP contribution in [0.1, 0.15) is 18.5 Å². The standard InChI is InChI=1S/C12H18N2O4S.ClH/c1-3-19(16,17)10-6-4-9(5-7-10)11(13)8-14-12(15)18-2;/h4-7,11H,3,8,13H2,1-2H3,(H,14,15);1H. The summed E-state index contributed by atoms with van der Waals surface area (Å²) in [6, 6.07) is 5.91. The van der Waals surface area contributed by atoms with Crippen molar-refractivity contribution in [1.82, 2.24) is 5.32 Å². The third-order valence-corrected chi connectivity index (χ3v) is 4.45. The Kier molecular flexibility index (Phi) is 7.55. The Morgan fingerprint density at radius 2 is 1.90 bits per heavy atom. The summed E-state index contributed by atoms with van der Waals surface area (Å²) in [5.41, 5.74) is 6.61. The van der Waals surface area contributed by atoms with Crippen LogP contribution < -0.4 is 11.1 Å². The highest BCUT2D eigenvalue weighted by atomic mass is 35.5. The number of methoxy groups -OCH3 is 1. The molecule has 0 spiro atoms. The van der Waals surface area contributed by atoms with Gasteiger partial charge in [-0.25, -0.2) is 13.2 Å². The molecule has 6 nitrogen and oxygen atoms in total. The maximum atomic E-state index is 11.6. The number of rotatable bonds is 5. The molecule has 20 heavy (non-hydrogen) atoms.